The minimum Gasteiger partial charge on any atom is -0.388 e. The van der Waals surface area contributed by atoms with Crippen LogP contribution in [0.15, 0.2) is 24.3 Å². The summed E-state index contributed by atoms with van der Waals surface area (Å²) >= 11 is 0. The number of hydrogen-bond acceptors (Lipinski definition) is 3. The van der Waals surface area contributed by atoms with E-state index in [1.165, 1.54) is 11.1 Å². The highest BCUT2D eigenvalue weighted by molar-refractivity contribution is 5.24. The van der Waals surface area contributed by atoms with Gasteiger partial charge in [-0.25, -0.2) is 0 Å². The van der Waals surface area contributed by atoms with E-state index in [4.69, 9.17) is 0 Å². The summed E-state index contributed by atoms with van der Waals surface area (Å²) in [4.78, 5) is 0. The van der Waals surface area contributed by atoms with Gasteiger partial charge in [0.15, 0.2) is 5.82 Å². The van der Waals surface area contributed by atoms with E-state index in [9.17, 15) is 5.11 Å². The van der Waals surface area contributed by atoms with Crippen molar-refractivity contribution in [1.82, 2.24) is 14.8 Å². The second kappa shape index (κ2) is 5.78. The largest absolute Gasteiger partial charge is 0.388 e. The monoisotopic (exact) mass is 245 g/mol. The first-order valence-electron chi connectivity index (χ1n) is 6.32. The lowest BCUT2D eigenvalue weighted by Crippen LogP contribution is -2.08. The number of rotatable bonds is 5. The molecule has 0 saturated carbocycles. The minimum atomic E-state index is -0.0547. The fourth-order valence-corrected chi connectivity index (χ4v) is 1.99. The Balaban J connectivity index is 2.22. The Labute approximate surface area is 107 Å². The normalized spacial score (nSPS) is 10.8. The van der Waals surface area contributed by atoms with Crippen LogP contribution >= 0.6 is 0 Å². The predicted octanol–water partition coefficient (Wildman–Crippen LogP) is 2.08. The van der Waals surface area contributed by atoms with Crippen LogP contribution in [0.25, 0.3) is 0 Å². The summed E-state index contributed by atoms with van der Waals surface area (Å²) in [5, 5.41) is 17.4. The van der Waals surface area contributed by atoms with Crippen molar-refractivity contribution >= 4 is 0 Å². The molecule has 2 rings (SSSR count). The Kier molecular flexibility index (Phi) is 4.10. The highest BCUT2D eigenvalue weighted by atomic mass is 16.3. The fourth-order valence-electron chi connectivity index (χ4n) is 1.99. The van der Waals surface area contributed by atoms with Crippen molar-refractivity contribution in [1.29, 1.82) is 0 Å². The molecule has 0 bridgehead atoms. The Bertz CT molecular complexity index is 502. The zero-order valence-electron chi connectivity index (χ0n) is 10.9. The quantitative estimate of drug-likeness (QED) is 0.877. The Morgan fingerprint density at radius 1 is 1.11 bits per heavy atom. The lowest BCUT2D eigenvalue weighted by Gasteiger charge is -2.08. The zero-order chi connectivity index (χ0) is 13.0. The van der Waals surface area contributed by atoms with E-state index in [0.29, 0.717) is 5.82 Å². The third kappa shape index (κ3) is 2.76. The molecule has 1 aromatic heterocycles. The molecule has 0 aliphatic rings. The molecule has 96 valence electrons. The van der Waals surface area contributed by atoms with Crippen LogP contribution in [0.1, 0.15) is 36.1 Å². The molecule has 1 aromatic carbocycles. The van der Waals surface area contributed by atoms with Crippen molar-refractivity contribution in [2.75, 3.05) is 0 Å². The van der Waals surface area contributed by atoms with Crippen LogP contribution in [-0.2, 0) is 19.6 Å². The lowest BCUT2D eigenvalue weighted by molar-refractivity contribution is 0.264. The first-order chi connectivity index (χ1) is 8.74. The van der Waals surface area contributed by atoms with Gasteiger partial charge in [-0.2, -0.15) is 0 Å². The molecular formula is C14H19N3O. The zero-order valence-corrected chi connectivity index (χ0v) is 10.9. The van der Waals surface area contributed by atoms with E-state index in [-0.39, 0.29) is 6.61 Å². The number of aromatic nitrogens is 3. The van der Waals surface area contributed by atoms with Gasteiger partial charge in [-0.3, -0.25) is 0 Å². The number of nitrogens with zero attached hydrogens (tertiary/aromatic N) is 3. The van der Waals surface area contributed by atoms with Crippen LogP contribution in [0, 0.1) is 6.92 Å². The number of hydrogen-bond donors (Lipinski definition) is 1. The Morgan fingerprint density at radius 2 is 1.78 bits per heavy atom. The molecule has 18 heavy (non-hydrogen) atoms. The molecule has 0 saturated heterocycles. The van der Waals surface area contributed by atoms with Gasteiger partial charge in [-0.05, 0) is 18.9 Å². The van der Waals surface area contributed by atoms with Gasteiger partial charge in [0.25, 0.3) is 0 Å². The SMILES string of the molecule is CCCn1c(CO)nnc1Cc1ccc(C)cc1. The number of aryl methyl sites for hydroxylation is 1. The molecule has 1 N–H and O–H groups in total. The molecule has 0 radical (unpaired) electrons. The molecule has 2 aromatic rings. The van der Waals surface area contributed by atoms with Crippen LogP contribution in [0.5, 0.6) is 0 Å². The van der Waals surface area contributed by atoms with Gasteiger partial charge in [0.2, 0.25) is 0 Å². The average Bonchev–Trinajstić information content (AvgIpc) is 2.75. The number of benzene rings is 1. The van der Waals surface area contributed by atoms with Gasteiger partial charge in [0, 0.05) is 13.0 Å². The van der Waals surface area contributed by atoms with E-state index in [0.717, 1.165) is 25.2 Å². The van der Waals surface area contributed by atoms with Crippen molar-refractivity contribution in [3.05, 3.63) is 47.0 Å². The van der Waals surface area contributed by atoms with Gasteiger partial charge in [-0.15, -0.1) is 10.2 Å². The second-order valence-corrected chi connectivity index (χ2v) is 4.50. The fraction of sp³-hybridized carbons (Fsp3) is 0.429. The highest BCUT2D eigenvalue weighted by Crippen LogP contribution is 2.11. The van der Waals surface area contributed by atoms with E-state index < -0.39 is 0 Å². The van der Waals surface area contributed by atoms with Crippen LogP contribution in [0.2, 0.25) is 0 Å². The summed E-state index contributed by atoms with van der Waals surface area (Å²) < 4.78 is 2.01. The van der Waals surface area contributed by atoms with Gasteiger partial charge in [0.1, 0.15) is 12.4 Å². The highest BCUT2D eigenvalue weighted by Gasteiger charge is 2.10. The van der Waals surface area contributed by atoms with Gasteiger partial charge >= 0.3 is 0 Å². The van der Waals surface area contributed by atoms with Gasteiger partial charge in [-0.1, -0.05) is 36.8 Å². The van der Waals surface area contributed by atoms with Crippen molar-refractivity contribution in [2.45, 2.75) is 39.8 Å². The predicted molar refractivity (Wildman–Crippen MR) is 70.2 cm³/mol. The molecule has 0 spiro atoms. The number of aliphatic hydroxyl groups is 1. The molecule has 0 fully saturated rings. The molecule has 4 nitrogen and oxygen atoms in total. The van der Waals surface area contributed by atoms with Crippen LogP contribution in [0.4, 0.5) is 0 Å². The molecule has 4 heteroatoms. The van der Waals surface area contributed by atoms with Crippen molar-refractivity contribution < 1.29 is 5.11 Å². The minimum absolute atomic E-state index is 0.0547. The van der Waals surface area contributed by atoms with E-state index >= 15 is 0 Å². The number of aliphatic hydroxyl groups excluding tert-OH is 1. The summed E-state index contributed by atoms with van der Waals surface area (Å²) in [6.45, 7) is 4.98. The maximum atomic E-state index is 9.24. The van der Waals surface area contributed by atoms with E-state index in [1.807, 2.05) is 4.57 Å². The Hall–Kier alpha value is -1.68. The van der Waals surface area contributed by atoms with E-state index in [1.54, 1.807) is 0 Å². The molecule has 0 aliphatic carbocycles. The van der Waals surface area contributed by atoms with Crippen molar-refractivity contribution in [3.8, 4) is 0 Å². The van der Waals surface area contributed by atoms with Crippen LogP contribution < -0.4 is 0 Å². The van der Waals surface area contributed by atoms with Crippen molar-refractivity contribution in [3.63, 3.8) is 0 Å². The first kappa shape index (κ1) is 12.8. The summed E-state index contributed by atoms with van der Waals surface area (Å²) in [7, 11) is 0. The summed E-state index contributed by atoms with van der Waals surface area (Å²) in [5.41, 5.74) is 2.47. The van der Waals surface area contributed by atoms with Crippen LogP contribution in [0.3, 0.4) is 0 Å². The maximum Gasteiger partial charge on any atom is 0.158 e. The average molecular weight is 245 g/mol. The van der Waals surface area contributed by atoms with Crippen molar-refractivity contribution in [2.24, 2.45) is 0 Å². The maximum absolute atomic E-state index is 9.24. The van der Waals surface area contributed by atoms with Crippen LogP contribution in [-0.4, -0.2) is 19.9 Å². The summed E-state index contributed by atoms with van der Waals surface area (Å²) in [6.07, 6.45) is 1.76. The molecule has 0 aliphatic heterocycles. The molecule has 1 heterocycles. The lowest BCUT2D eigenvalue weighted by atomic mass is 10.1. The van der Waals surface area contributed by atoms with E-state index in [2.05, 4.69) is 48.3 Å². The topological polar surface area (TPSA) is 50.9 Å². The molecule has 0 amide bonds. The molecular weight excluding hydrogens is 226 g/mol. The summed E-state index contributed by atoms with van der Waals surface area (Å²) in [6, 6.07) is 8.42. The third-order valence-corrected chi connectivity index (χ3v) is 2.98. The molecule has 0 atom stereocenters. The summed E-state index contributed by atoms with van der Waals surface area (Å²) in [5.74, 6) is 1.57. The van der Waals surface area contributed by atoms with Gasteiger partial charge < -0.3 is 9.67 Å². The Morgan fingerprint density at radius 3 is 2.39 bits per heavy atom. The first-order valence-corrected chi connectivity index (χ1v) is 6.32. The van der Waals surface area contributed by atoms with Gasteiger partial charge in [0.05, 0.1) is 0 Å². The smallest absolute Gasteiger partial charge is 0.158 e. The standard InChI is InChI=1S/C14H19N3O/c1-3-8-17-13(15-16-14(17)10-18)9-12-6-4-11(2)5-7-12/h4-7,18H,3,8-10H2,1-2H3. The second-order valence-electron chi connectivity index (χ2n) is 4.50. The molecule has 0 unspecified atom stereocenters. The third-order valence-electron chi connectivity index (χ3n) is 2.98.